The van der Waals surface area contributed by atoms with Crippen molar-refractivity contribution >= 4 is 12.0 Å². The molecule has 1 N–H and O–H groups in total. The zero-order valence-electron chi connectivity index (χ0n) is 9.43. The SMILES string of the molecule is COc1cc(/C=C/C(=O)O)cc(OC)c1C#N. The largest absolute Gasteiger partial charge is 0.495 e. The number of nitrogens with zero attached hydrogens (tertiary/aromatic N) is 1. The van der Waals surface area contributed by atoms with Gasteiger partial charge in [-0.25, -0.2) is 4.79 Å². The van der Waals surface area contributed by atoms with Crippen LogP contribution in [0.25, 0.3) is 6.08 Å². The molecular formula is C12H11NO4. The fourth-order valence-electron chi connectivity index (χ4n) is 1.31. The van der Waals surface area contributed by atoms with Crippen molar-refractivity contribution in [2.45, 2.75) is 0 Å². The van der Waals surface area contributed by atoms with Gasteiger partial charge in [-0.05, 0) is 23.8 Å². The molecule has 0 spiro atoms. The van der Waals surface area contributed by atoms with Gasteiger partial charge in [0, 0.05) is 6.08 Å². The highest BCUT2D eigenvalue weighted by molar-refractivity contribution is 5.85. The third-order valence-electron chi connectivity index (χ3n) is 2.06. The summed E-state index contributed by atoms with van der Waals surface area (Å²) in [6.45, 7) is 0. The zero-order valence-corrected chi connectivity index (χ0v) is 9.43. The number of carboxylic acids is 1. The Bertz CT molecular complexity index is 475. The van der Waals surface area contributed by atoms with Gasteiger partial charge in [-0.15, -0.1) is 0 Å². The minimum absolute atomic E-state index is 0.280. The molecule has 0 heterocycles. The molecule has 0 aliphatic heterocycles. The van der Waals surface area contributed by atoms with Crippen LogP contribution in [0.3, 0.4) is 0 Å². The van der Waals surface area contributed by atoms with E-state index in [4.69, 9.17) is 19.8 Å². The first kappa shape index (κ1) is 12.6. The Hall–Kier alpha value is -2.48. The number of nitriles is 1. The maximum atomic E-state index is 10.4. The summed E-state index contributed by atoms with van der Waals surface area (Å²) in [5, 5.41) is 17.5. The topological polar surface area (TPSA) is 79.6 Å². The van der Waals surface area contributed by atoms with E-state index >= 15 is 0 Å². The van der Waals surface area contributed by atoms with E-state index in [-0.39, 0.29) is 5.56 Å². The average molecular weight is 233 g/mol. The van der Waals surface area contributed by atoms with Gasteiger partial charge >= 0.3 is 5.97 Å². The van der Waals surface area contributed by atoms with Crippen LogP contribution >= 0.6 is 0 Å². The molecule has 0 radical (unpaired) electrons. The van der Waals surface area contributed by atoms with Gasteiger partial charge in [0.1, 0.15) is 23.1 Å². The molecule has 5 nitrogen and oxygen atoms in total. The van der Waals surface area contributed by atoms with Crippen molar-refractivity contribution in [3.63, 3.8) is 0 Å². The summed E-state index contributed by atoms with van der Waals surface area (Å²) >= 11 is 0. The van der Waals surface area contributed by atoms with Gasteiger partial charge in [0.05, 0.1) is 14.2 Å². The molecule has 5 heteroatoms. The van der Waals surface area contributed by atoms with Gasteiger partial charge in [-0.1, -0.05) is 0 Å². The standard InChI is InChI=1S/C12H11NO4/c1-16-10-5-8(3-4-12(14)15)6-11(17-2)9(10)7-13/h3-6H,1-2H3,(H,14,15)/b4-3+. The van der Waals surface area contributed by atoms with E-state index in [9.17, 15) is 4.79 Å². The van der Waals surface area contributed by atoms with Gasteiger partial charge in [-0.2, -0.15) is 5.26 Å². The molecule has 0 bridgehead atoms. The average Bonchev–Trinajstić information content (AvgIpc) is 2.34. The van der Waals surface area contributed by atoms with Gasteiger partial charge in [0.15, 0.2) is 0 Å². The van der Waals surface area contributed by atoms with E-state index in [2.05, 4.69) is 0 Å². The van der Waals surface area contributed by atoms with Crippen LogP contribution in [0.2, 0.25) is 0 Å². The summed E-state index contributed by atoms with van der Waals surface area (Å²) in [6, 6.07) is 5.11. The van der Waals surface area contributed by atoms with Gasteiger partial charge in [0.2, 0.25) is 0 Å². The van der Waals surface area contributed by atoms with Crippen LogP contribution in [0.1, 0.15) is 11.1 Å². The Labute approximate surface area is 98.5 Å². The third-order valence-corrected chi connectivity index (χ3v) is 2.06. The van der Waals surface area contributed by atoms with E-state index in [0.717, 1.165) is 6.08 Å². The minimum atomic E-state index is -1.05. The van der Waals surface area contributed by atoms with E-state index in [1.807, 2.05) is 6.07 Å². The van der Waals surface area contributed by atoms with Crippen LogP contribution in [-0.2, 0) is 4.79 Å². The molecule has 0 atom stereocenters. The van der Waals surface area contributed by atoms with Crippen molar-refractivity contribution in [3.05, 3.63) is 29.3 Å². The molecule has 0 aromatic heterocycles. The fraction of sp³-hybridized carbons (Fsp3) is 0.167. The number of benzene rings is 1. The van der Waals surface area contributed by atoms with Gasteiger partial charge in [0.25, 0.3) is 0 Å². The lowest BCUT2D eigenvalue weighted by molar-refractivity contribution is -0.131. The second kappa shape index (κ2) is 5.56. The molecule has 1 aromatic carbocycles. The number of ether oxygens (including phenoxy) is 2. The van der Waals surface area contributed by atoms with Crippen molar-refractivity contribution in [3.8, 4) is 17.6 Å². The maximum absolute atomic E-state index is 10.4. The third kappa shape index (κ3) is 2.98. The number of carboxylic acid groups (broad SMARTS) is 1. The van der Waals surface area contributed by atoms with Gasteiger partial charge < -0.3 is 14.6 Å². The highest BCUT2D eigenvalue weighted by Crippen LogP contribution is 2.30. The predicted molar refractivity (Wildman–Crippen MR) is 60.9 cm³/mol. The maximum Gasteiger partial charge on any atom is 0.328 e. The second-order valence-electron chi connectivity index (χ2n) is 3.08. The Morgan fingerprint density at radius 2 is 1.88 bits per heavy atom. The van der Waals surface area contributed by atoms with Crippen molar-refractivity contribution < 1.29 is 19.4 Å². The number of hydrogen-bond acceptors (Lipinski definition) is 4. The molecule has 0 amide bonds. The molecule has 88 valence electrons. The number of aliphatic carboxylic acids is 1. The minimum Gasteiger partial charge on any atom is -0.495 e. The normalized spacial score (nSPS) is 9.94. The zero-order chi connectivity index (χ0) is 12.8. The Morgan fingerprint density at radius 1 is 1.35 bits per heavy atom. The molecule has 0 unspecified atom stereocenters. The van der Waals surface area contributed by atoms with Crippen LogP contribution in [-0.4, -0.2) is 25.3 Å². The van der Waals surface area contributed by atoms with Crippen LogP contribution in [0, 0.1) is 11.3 Å². The Morgan fingerprint density at radius 3 is 2.24 bits per heavy atom. The highest BCUT2D eigenvalue weighted by Gasteiger charge is 2.10. The lowest BCUT2D eigenvalue weighted by atomic mass is 10.1. The van der Waals surface area contributed by atoms with E-state index < -0.39 is 5.97 Å². The number of methoxy groups -OCH3 is 2. The molecule has 1 rings (SSSR count). The number of carbonyl (C=O) groups is 1. The Kier molecular flexibility index (Phi) is 4.12. The van der Waals surface area contributed by atoms with E-state index in [0.29, 0.717) is 17.1 Å². The molecule has 0 aliphatic rings. The van der Waals surface area contributed by atoms with E-state index in [1.165, 1.54) is 20.3 Å². The second-order valence-corrected chi connectivity index (χ2v) is 3.08. The van der Waals surface area contributed by atoms with Crippen molar-refractivity contribution in [2.24, 2.45) is 0 Å². The van der Waals surface area contributed by atoms with Crippen molar-refractivity contribution in [1.82, 2.24) is 0 Å². The number of rotatable bonds is 4. The van der Waals surface area contributed by atoms with Crippen LogP contribution in [0.4, 0.5) is 0 Å². The van der Waals surface area contributed by atoms with Crippen molar-refractivity contribution in [2.75, 3.05) is 14.2 Å². The molecular weight excluding hydrogens is 222 g/mol. The van der Waals surface area contributed by atoms with Gasteiger partial charge in [-0.3, -0.25) is 0 Å². The lowest BCUT2D eigenvalue weighted by Gasteiger charge is -2.08. The van der Waals surface area contributed by atoms with E-state index in [1.54, 1.807) is 12.1 Å². The van der Waals surface area contributed by atoms with Crippen LogP contribution in [0.15, 0.2) is 18.2 Å². The summed E-state index contributed by atoms with van der Waals surface area (Å²) in [7, 11) is 2.86. The summed E-state index contributed by atoms with van der Waals surface area (Å²) in [5.41, 5.74) is 0.863. The monoisotopic (exact) mass is 233 g/mol. The fourth-order valence-corrected chi connectivity index (χ4v) is 1.31. The molecule has 17 heavy (non-hydrogen) atoms. The summed E-state index contributed by atoms with van der Waals surface area (Å²) in [6.07, 6.45) is 2.40. The first-order valence-electron chi connectivity index (χ1n) is 4.69. The van der Waals surface area contributed by atoms with Crippen molar-refractivity contribution in [1.29, 1.82) is 5.26 Å². The summed E-state index contributed by atoms with van der Waals surface area (Å²) < 4.78 is 10.1. The summed E-state index contributed by atoms with van der Waals surface area (Å²) in [4.78, 5) is 10.4. The first-order valence-corrected chi connectivity index (χ1v) is 4.69. The lowest BCUT2D eigenvalue weighted by Crippen LogP contribution is -1.94. The molecule has 1 aromatic rings. The molecule has 0 saturated heterocycles. The first-order chi connectivity index (χ1) is 8.12. The predicted octanol–water partition coefficient (Wildman–Crippen LogP) is 1.67. The van der Waals surface area contributed by atoms with Crippen LogP contribution in [0.5, 0.6) is 11.5 Å². The molecule has 0 saturated carbocycles. The number of hydrogen-bond donors (Lipinski definition) is 1. The molecule has 0 fully saturated rings. The quantitative estimate of drug-likeness (QED) is 0.800. The van der Waals surface area contributed by atoms with Crippen LogP contribution < -0.4 is 9.47 Å². The Balaban J connectivity index is 3.28. The highest BCUT2D eigenvalue weighted by atomic mass is 16.5. The smallest absolute Gasteiger partial charge is 0.328 e. The summed E-state index contributed by atoms with van der Waals surface area (Å²) in [5.74, 6) is -0.360. The molecule has 0 aliphatic carbocycles.